The Labute approximate surface area is 119 Å². The fourth-order valence-electron chi connectivity index (χ4n) is 2.81. The van der Waals surface area contributed by atoms with Gasteiger partial charge in [-0.15, -0.1) is 0 Å². The quantitative estimate of drug-likeness (QED) is 0.860. The van der Waals surface area contributed by atoms with Gasteiger partial charge in [0, 0.05) is 18.8 Å². The van der Waals surface area contributed by atoms with Crippen LogP contribution in [0.15, 0.2) is 18.2 Å². The van der Waals surface area contributed by atoms with Gasteiger partial charge in [-0.1, -0.05) is 25.4 Å². The van der Waals surface area contributed by atoms with Crippen molar-refractivity contribution in [2.45, 2.75) is 33.1 Å². The third-order valence-electron chi connectivity index (χ3n) is 4.45. The molecule has 1 aromatic rings. The van der Waals surface area contributed by atoms with E-state index in [9.17, 15) is 4.79 Å². The molecule has 1 aromatic carbocycles. The number of benzene rings is 1. The number of nitrogens with zero attached hydrogens (tertiary/aromatic N) is 1. The lowest BCUT2D eigenvalue weighted by Crippen LogP contribution is -2.32. The molecule has 1 fully saturated rings. The Balaban J connectivity index is 2.20. The smallest absolute Gasteiger partial charge is 0.255 e. The maximum absolute atomic E-state index is 12.5. The molecule has 4 heteroatoms. The van der Waals surface area contributed by atoms with Crippen molar-refractivity contribution < 1.29 is 4.79 Å². The molecule has 104 valence electrons. The Morgan fingerprint density at radius 1 is 1.42 bits per heavy atom. The summed E-state index contributed by atoms with van der Waals surface area (Å²) < 4.78 is 0. The first kappa shape index (κ1) is 14.2. The second-order valence-electron chi connectivity index (χ2n) is 5.42. The number of amides is 1. The first-order chi connectivity index (χ1) is 9.01. The minimum atomic E-state index is 0.000995. The molecule has 1 aliphatic heterocycles. The highest BCUT2D eigenvalue weighted by Gasteiger charge is 2.37. The van der Waals surface area contributed by atoms with E-state index in [0.29, 0.717) is 16.3 Å². The zero-order chi connectivity index (χ0) is 14.0. The monoisotopic (exact) mass is 280 g/mol. The van der Waals surface area contributed by atoms with E-state index in [0.717, 1.165) is 32.4 Å². The van der Waals surface area contributed by atoms with Crippen LogP contribution in [0.2, 0.25) is 5.02 Å². The van der Waals surface area contributed by atoms with Crippen molar-refractivity contribution in [3.05, 3.63) is 28.8 Å². The van der Waals surface area contributed by atoms with Crippen LogP contribution in [0.3, 0.4) is 0 Å². The summed E-state index contributed by atoms with van der Waals surface area (Å²) >= 11 is 6.11. The van der Waals surface area contributed by atoms with Crippen LogP contribution >= 0.6 is 11.6 Å². The number of likely N-dealkylation sites (tertiary alicyclic amines) is 1. The number of hydrogen-bond acceptors (Lipinski definition) is 2. The minimum absolute atomic E-state index is 0.000995. The fraction of sp³-hybridized carbons (Fsp3) is 0.533. The highest BCUT2D eigenvalue weighted by Crippen LogP contribution is 2.38. The topological polar surface area (TPSA) is 46.3 Å². The van der Waals surface area contributed by atoms with E-state index >= 15 is 0 Å². The van der Waals surface area contributed by atoms with E-state index in [1.807, 2.05) is 4.90 Å². The summed E-state index contributed by atoms with van der Waals surface area (Å²) in [6, 6.07) is 5.07. The summed E-state index contributed by atoms with van der Waals surface area (Å²) in [5, 5.41) is 0.477. The Kier molecular flexibility index (Phi) is 4.04. The number of halogens is 1. The van der Waals surface area contributed by atoms with Gasteiger partial charge in [-0.2, -0.15) is 0 Å². The molecule has 0 unspecified atom stereocenters. The summed E-state index contributed by atoms with van der Waals surface area (Å²) in [5.41, 5.74) is 7.11. The van der Waals surface area contributed by atoms with Crippen LogP contribution in [0, 0.1) is 5.41 Å². The predicted molar refractivity (Wildman–Crippen MR) is 79.4 cm³/mol. The molecule has 1 aliphatic rings. The lowest BCUT2D eigenvalue weighted by atomic mass is 9.82. The molecule has 0 bridgehead atoms. The van der Waals surface area contributed by atoms with Gasteiger partial charge in [0.05, 0.1) is 10.6 Å². The van der Waals surface area contributed by atoms with Gasteiger partial charge in [-0.25, -0.2) is 0 Å². The normalized spacial score (nSPS) is 17.7. The van der Waals surface area contributed by atoms with Crippen LogP contribution in [0.4, 0.5) is 5.69 Å². The van der Waals surface area contributed by atoms with Crippen LogP contribution < -0.4 is 5.73 Å². The van der Waals surface area contributed by atoms with Crippen LogP contribution in [0.5, 0.6) is 0 Å². The van der Waals surface area contributed by atoms with Crippen LogP contribution in [0.1, 0.15) is 43.5 Å². The maximum Gasteiger partial charge on any atom is 0.255 e. The maximum atomic E-state index is 12.5. The first-order valence-corrected chi connectivity index (χ1v) is 7.23. The van der Waals surface area contributed by atoms with E-state index in [2.05, 4.69) is 13.8 Å². The minimum Gasteiger partial charge on any atom is -0.399 e. The summed E-state index contributed by atoms with van der Waals surface area (Å²) in [5.74, 6) is 0.000995. The SMILES string of the molecule is CCC1(CC)CCN(C(=O)c2cc(N)ccc2Cl)C1. The number of nitrogen functional groups attached to an aromatic ring is 1. The third kappa shape index (κ3) is 2.71. The van der Waals surface area contributed by atoms with Crippen molar-refractivity contribution in [2.75, 3.05) is 18.8 Å². The molecule has 2 N–H and O–H groups in total. The van der Waals surface area contributed by atoms with E-state index in [1.54, 1.807) is 18.2 Å². The Morgan fingerprint density at radius 3 is 2.68 bits per heavy atom. The second kappa shape index (κ2) is 5.41. The Bertz CT molecular complexity index is 483. The van der Waals surface area contributed by atoms with Gasteiger partial charge >= 0.3 is 0 Å². The lowest BCUT2D eigenvalue weighted by Gasteiger charge is -2.26. The zero-order valence-electron chi connectivity index (χ0n) is 11.6. The van der Waals surface area contributed by atoms with Gasteiger partial charge in [0.1, 0.15) is 0 Å². The van der Waals surface area contributed by atoms with Gasteiger partial charge in [0.15, 0.2) is 0 Å². The van der Waals surface area contributed by atoms with Crippen LogP contribution in [0.25, 0.3) is 0 Å². The van der Waals surface area contributed by atoms with E-state index in [4.69, 9.17) is 17.3 Å². The van der Waals surface area contributed by atoms with Gasteiger partial charge < -0.3 is 10.6 Å². The summed E-state index contributed by atoms with van der Waals surface area (Å²) in [4.78, 5) is 14.4. The number of rotatable bonds is 3. The highest BCUT2D eigenvalue weighted by molar-refractivity contribution is 6.34. The number of hydrogen-bond donors (Lipinski definition) is 1. The third-order valence-corrected chi connectivity index (χ3v) is 4.78. The van der Waals surface area contributed by atoms with Crippen LogP contribution in [-0.4, -0.2) is 23.9 Å². The molecule has 0 saturated carbocycles. The Morgan fingerprint density at radius 2 is 2.11 bits per heavy atom. The zero-order valence-corrected chi connectivity index (χ0v) is 12.3. The van der Waals surface area contributed by atoms with Crippen molar-refractivity contribution in [1.82, 2.24) is 4.90 Å². The second-order valence-corrected chi connectivity index (χ2v) is 5.83. The molecule has 0 radical (unpaired) electrons. The fourth-order valence-corrected chi connectivity index (χ4v) is 3.01. The largest absolute Gasteiger partial charge is 0.399 e. The number of nitrogens with two attached hydrogens (primary N) is 1. The summed E-state index contributed by atoms with van der Waals surface area (Å²) in [7, 11) is 0. The summed E-state index contributed by atoms with van der Waals surface area (Å²) in [6.45, 7) is 6.03. The van der Waals surface area contributed by atoms with E-state index in [1.165, 1.54) is 0 Å². The molecule has 1 heterocycles. The average molecular weight is 281 g/mol. The van der Waals surface area contributed by atoms with Crippen LogP contribution in [-0.2, 0) is 0 Å². The number of anilines is 1. The first-order valence-electron chi connectivity index (χ1n) is 6.85. The molecule has 0 atom stereocenters. The molecule has 2 rings (SSSR count). The Hall–Kier alpha value is -1.22. The van der Waals surface area contributed by atoms with Crippen molar-refractivity contribution in [2.24, 2.45) is 5.41 Å². The van der Waals surface area contributed by atoms with E-state index in [-0.39, 0.29) is 11.3 Å². The summed E-state index contributed by atoms with van der Waals surface area (Å²) in [6.07, 6.45) is 3.29. The molecule has 0 aliphatic carbocycles. The molecule has 1 amide bonds. The predicted octanol–water partition coefficient (Wildman–Crippen LogP) is 3.57. The lowest BCUT2D eigenvalue weighted by molar-refractivity contribution is 0.0770. The van der Waals surface area contributed by atoms with Crippen molar-refractivity contribution in [3.63, 3.8) is 0 Å². The molecular formula is C15H21ClN2O. The molecular weight excluding hydrogens is 260 g/mol. The van der Waals surface area contributed by atoms with Crippen molar-refractivity contribution in [3.8, 4) is 0 Å². The number of carbonyl (C=O) groups is 1. The van der Waals surface area contributed by atoms with Gasteiger partial charge in [0.2, 0.25) is 0 Å². The standard InChI is InChI=1S/C15H21ClN2O/c1-3-15(4-2)7-8-18(10-15)14(19)12-9-11(17)5-6-13(12)16/h5-6,9H,3-4,7-8,10,17H2,1-2H3. The van der Waals surface area contributed by atoms with Gasteiger partial charge in [-0.05, 0) is 42.9 Å². The van der Waals surface area contributed by atoms with Gasteiger partial charge in [0.25, 0.3) is 5.91 Å². The van der Waals surface area contributed by atoms with E-state index < -0.39 is 0 Å². The molecule has 3 nitrogen and oxygen atoms in total. The molecule has 0 aromatic heterocycles. The number of carbonyl (C=O) groups excluding carboxylic acids is 1. The van der Waals surface area contributed by atoms with Crippen molar-refractivity contribution >= 4 is 23.2 Å². The van der Waals surface area contributed by atoms with Gasteiger partial charge in [-0.3, -0.25) is 4.79 Å². The average Bonchev–Trinajstić information content (AvgIpc) is 2.86. The highest BCUT2D eigenvalue weighted by atomic mass is 35.5. The molecule has 1 saturated heterocycles. The molecule has 19 heavy (non-hydrogen) atoms. The van der Waals surface area contributed by atoms with Crippen molar-refractivity contribution in [1.29, 1.82) is 0 Å². The molecule has 0 spiro atoms.